The van der Waals surface area contributed by atoms with Crippen molar-refractivity contribution in [1.82, 2.24) is 0 Å². The first-order chi connectivity index (χ1) is 5.15. The third-order valence-corrected chi connectivity index (χ3v) is 2.57. The van der Waals surface area contributed by atoms with E-state index < -0.39 is 0 Å². The van der Waals surface area contributed by atoms with Crippen LogP contribution in [-0.4, -0.2) is 7.05 Å². The van der Waals surface area contributed by atoms with E-state index in [9.17, 15) is 0 Å². The average Bonchev–Trinajstić information content (AvgIpc) is 1.85. The quantitative estimate of drug-likeness (QED) is 0.776. The Hall–Kier alpha value is -0.220. The maximum atomic E-state index is 5.60. The molecule has 0 spiro atoms. The van der Waals surface area contributed by atoms with Crippen molar-refractivity contribution in [2.75, 3.05) is 18.1 Å². The molecule has 3 N–H and O–H groups in total. The van der Waals surface area contributed by atoms with Gasteiger partial charge in [-0.1, -0.05) is 0 Å². The average molecular weight is 280 g/mol. The third-order valence-electron chi connectivity index (χ3n) is 1.31. The molecular formula is C7H8Br2N2. The van der Waals surface area contributed by atoms with E-state index in [1.807, 2.05) is 19.2 Å². The molecule has 0 unspecified atom stereocenters. The molecule has 0 atom stereocenters. The summed E-state index contributed by atoms with van der Waals surface area (Å²) in [4.78, 5) is 0. The lowest BCUT2D eigenvalue weighted by Gasteiger charge is -2.06. The van der Waals surface area contributed by atoms with E-state index >= 15 is 0 Å². The van der Waals surface area contributed by atoms with E-state index in [0.29, 0.717) is 0 Å². The van der Waals surface area contributed by atoms with E-state index in [2.05, 4.69) is 37.2 Å². The highest BCUT2D eigenvalue weighted by Crippen LogP contribution is 2.32. The molecule has 2 nitrogen and oxygen atoms in total. The molecule has 0 aliphatic heterocycles. The summed E-state index contributed by atoms with van der Waals surface area (Å²) >= 11 is 6.77. The molecule has 0 heterocycles. The first kappa shape index (κ1) is 8.87. The Balaban J connectivity index is 3.25. The second kappa shape index (κ2) is 3.45. The van der Waals surface area contributed by atoms with Gasteiger partial charge in [-0.25, -0.2) is 0 Å². The van der Waals surface area contributed by atoms with Crippen LogP contribution in [-0.2, 0) is 0 Å². The van der Waals surface area contributed by atoms with Crippen LogP contribution >= 0.6 is 31.9 Å². The Labute approximate surface area is 82.4 Å². The molecule has 0 amide bonds. The molecule has 0 saturated carbocycles. The predicted octanol–water partition coefficient (Wildman–Crippen LogP) is 2.84. The summed E-state index contributed by atoms with van der Waals surface area (Å²) in [5.41, 5.74) is 7.35. The van der Waals surface area contributed by atoms with Crippen molar-refractivity contribution in [3.8, 4) is 0 Å². The number of hydrogen-bond acceptors (Lipinski definition) is 2. The number of nitrogens with two attached hydrogens (primary N) is 1. The van der Waals surface area contributed by atoms with Crippen molar-refractivity contribution in [3.63, 3.8) is 0 Å². The number of halogens is 2. The topological polar surface area (TPSA) is 38.0 Å². The summed E-state index contributed by atoms with van der Waals surface area (Å²) in [5.74, 6) is 0. The van der Waals surface area contributed by atoms with Crippen LogP contribution in [0.15, 0.2) is 21.1 Å². The smallest absolute Gasteiger partial charge is 0.0627 e. The van der Waals surface area contributed by atoms with E-state index in [-0.39, 0.29) is 0 Å². The first-order valence-electron chi connectivity index (χ1n) is 3.07. The number of benzene rings is 1. The van der Waals surface area contributed by atoms with Gasteiger partial charge in [0.25, 0.3) is 0 Å². The molecule has 0 aliphatic carbocycles. The number of rotatable bonds is 1. The fourth-order valence-electron chi connectivity index (χ4n) is 0.832. The maximum absolute atomic E-state index is 5.60. The molecule has 60 valence electrons. The normalized spacial score (nSPS) is 9.73. The molecular weight excluding hydrogens is 272 g/mol. The maximum Gasteiger partial charge on any atom is 0.0627 e. The van der Waals surface area contributed by atoms with Gasteiger partial charge in [-0.15, -0.1) is 0 Å². The van der Waals surface area contributed by atoms with Crippen molar-refractivity contribution in [3.05, 3.63) is 21.1 Å². The summed E-state index contributed by atoms with van der Waals surface area (Å²) in [6.45, 7) is 0. The minimum Gasteiger partial charge on any atom is -0.399 e. The molecule has 4 heteroatoms. The van der Waals surface area contributed by atoms with Gasteiger partial charge in [-0.05, 0) is 44.0 Å². The van der Waals surface area contributed by atoms with Crippen LogP contribution < -0.4 is 11.1 Å². The van der Waals surface area contributed by atoms with Gasteiger partial charge in [-0.3, -0.25) is 0 Å². The first-order valence-corrected chi connectivity index (χ1v) is 4.66. The largest absolute Gasteiger partial charge is 0.399 e. The zero-order valence-electron chi connectivity index (χ0n) is 5.99. The molecule has 11 heavy (non-hydrogen) atoms. The van der Waals surface area contributed by atoms with Crippen molar-refractivity contribution in [2.24, 2.45) is 0 Å². The molecule has 0 radical (unpaired) electrons. The van der Waals surface area contributed by atoms with Gasteiger partial charge in [0.2, 0.25) is 0 Å². The number of anilines is 2. The van der Waals surface area contributed by atoms with Gasteiger partial charge < -0.3 is 11.1 Å². The van der Waals surface area contributed by atoms with Crippen LogP contribution in [0.25, 0.3) is 0 Å². The lowest BCUT2D eigenvalue weighted by molar-refractivity contribution is 1.46. The van der Waals surface area contributed by atoms with Crippen LogP contribution in [0.2, 0.25) is 0 Å². The Morgan fingerprint density at radius 2 is 1.73 bits per heavy atom. The van der Waals surface area contributed by atoms with E-state index in [1.54, 1.807) is 0 Å². The summed E-state index contributed by atoms with van der Waals surface area (Å²) in [7, 11) is 1.86. The molecule has 0 fully saturated rings. The summed E-state index contributed by atoms with van der Waals surface area (Å²) in [6.07, 6.45) is 0. The van der Waals surface area contributed by atoms with Crippen LogP contribution in [0, 0.1) is 0 Å². The van der Waals surface area contributed by atoms with Crippen molar-refractivity contribution in [2.45, 2.75) is 0 Å². The number of hydrogen-bond donors (Lipinski definition) is 2. The molecule has 0 aromatic heterocycles. The van der Waals surface area contributed by atoms with Crippen LogP contribution in [0.1, 0.15) is 0 Å². The summed E-state index contributed by atoms with van der Waals surface area (Å²) < 4.78 is 1.93. The Kier molecular flexibility index (Phi) is 2.78. The SMILES string of the molecule is CNc1c(Br)cc(N)cc1Br. The predicted molar refractivity (Wildman–Crippen MR) is 55.8 cm³/mol. The van der Waals surface area contributed by atoms with Gasteiger partial charge in [0.15, 0.2) is 0 Å². The second-order valence-electron chi connectivity index (χ2n) is 2.11. The highest BCUT2D eigenvalue weighted by atomic mass is 79.9. The van der Waals surface area contributed by atoms with Gasteiger partial charge >= 0.3 is 0 Å². The minimum atomic E-state index is 0.739. The standard InChI is InChI=1S/C7H8Br2N2/c1-11-7-5(8)2-4(10)3-6(7)9/h2-3,11H,10H2,1H3. The molecule has 1 aromatic rings. The Bertz CT molecular complexity index is 250. The van der Waals surface area contributed by atoms with Crippen molar-refractivity contribution in [1.29, 1.82) is 0 Å². The number of nitrogens with one attached hydrogen (secondary N) is 1. The zero-order chi connectivity index (χ0) is 8.43. The monoisotopic (exact) mass is 278 g/mol. The highest BCUT2D eigenvalue weighted by molar-refractivity contribution is 9.11. The zero-order valence-corrected chi connectivity index (χ0v) is 9.16. The van der Waals surface area contributed by atoms with Crippen molar-refractivity contribution >= 4 is 43.2 Å². The lowest BCUT2D eigenvalue weighted by Crippen LogP contribution is -1.93. The van der Waals surface area contributed by atoms with Crippen LogP contribution in [0.3, 0.4) is 0 Å². The molecule has 1 aromatic carbocycles. The van der Waals surface area contributed by atoms with Gasteiger partial charge in [0.1, 0.15) is 0 Å². The second-order valence-corrected chi connectivity index (χ2v) is 3.82. The van der Waals surface area contributed by atoms with E-state index in [0.717, 1.165) is 20.3 Å². The fourth-order valence-corrected chi connectivity index (χ4v) is 2.45. The summed E-state index contributed by atoms with van der Waals surface area (Å²) in [5, 5.41) is 3.04. The highest BCUT2D eigenvalue weighted by Gasteiger charge is 2.02. The third kappa shape index (κ3) is 1.87. The Morgan fingerprint density at radius 1 is 1.27 bits per heavy atom. The number of nitrogen functional groups attached to an aromatic ring is 1. The lowest BCUT2D eigenvalue weighted by atomic mass is 10.3. The molecule has 0 bridgehead atoms. The van der Waals surface area contributed by atoms with Gasteiger partial charge in [0.05, 0.1) is 5.69 Å². The van der Waals surface area contributed by atoms with Crippen molar-refractivity contribution < 1.29 is 0 Å². The fraction of sp³-hybridized carbons (Fsp3) is 0.143. The van der Waals surface area contributed by atoms with Gasteiger partial charge in [-0.2, -0.15) is 0 Å². The van der Waals surface area contributed by atoms with E-state index in [1.165, 1.54) is 0 Å². The van der Waals surface area contributed by atoms with Gasteiger partial charge in [0, 0.05) is 21.7 Å². The Morgan fingerprint density at radius 3 is 2.09 bits per heavy atom. The molecule has 0 saturated heterocycles. The van der Waals surface area contributed by atoms with Crippen LogP contribution in [0.5, 0.6) is 0 Å². The molecule has 0 aliphatic rings. The van der Waals surface area contributed by atoms with Crippen LogP contribution in [0.4, 0.5) is 11.4 Å². The van der Waals surface area contributed by atoms with E-state index in [4.69, 9.17) is 5.73 Å². The molecule has 1 rings (SSSR count). The summed E-state index contributed by atoms with van der Waals surface area (Å²) in [6, 6.07) is 3.72. The minimum absolute atomic E-state index is 0.739.